The molecule has 2 aromatic rings. The Kier molecular flexibility index (Phi) is 6.14. The lowest BCUT2D eigenvalue weighted by Crippen LogP contribution is -2.46. The van der Waals surface area contributed by atoms with Crippen LogP contribution in [0, 0.1) is 5.92 Å². The highest BCUT2D eigenvalue weighted by Crippen LogP contribution is 2.23. The van der Waals surface area contributed by atoms with Crippen LogP contribution in [0.5, 0.6) is 5.75 Å². The van der Waals surface area contributed by atoms with Crippen LogP contribution in [-0.2, 0) is 9.53 Å². The highest BCUT2D eigenvalue weighted by molar-refractivity contribution is 5.92. The lowest BCUT2D eigenvalue weighted by molar-refractivity contribution is -0.122. The number of ether oxygens (including phenoxy) is 2. The topological polar surface area (TPSA) is 66.9 Å². The Labute approximate surface area is 171 Å². The number of carbonyl (C=O) groups is 1. The monoisotopic (exact) mass is 396 g/mol. The fourth-order valence-corrected chi connectivity index (χ4v) is 3.84. The quantitative estimate of drug-likeness (QED) is 0.838. The van der Waals surface area contributed by atoms with Crippen molar-refractivity contribution in [1.29, 1.82) is 0 Å². The molecule has 0 unspecified atom stereocenters. The zero-order valence-corrected chi connectivity index (χ0v) is 16.8. The van der Waals surface area contributed by atoms with Gasteiger partial charge in [0.1, 0.15) is 11.6 Å². The van der Waals surface area contributed by atoms with E-state index in [-0.39, 0.29) is 11.8 Å². The summed E-state index contributed by atoms with van der Waals surface area (Å²) < 4.78 is 10.6. The van der Waals surface area contributed by atoms with E-state index < -0.39 is 0 Å². The van der Waals surface area contributed by atoms with Crippen LogP contribution in [0.15, 0.2) is 42.6 Å². The van der Waals surface area contributed by atoms with Crippen molar-refractivity contribution in [1.82, 2.24) is 4.98 Å². The van der Waals surface area contributed by atoms with Crippen molar-refractivity contribution in [3.8, 4) is 5.75 Å². The molecule has 0 aliphatic carbocycles. The molecule has 2 saturated heterocycles. The number of nitrogens with one attached hydrogen (secondary N) is 1. The zero-order chi connectivity index (χ0) is 20.1. The Bertz CT molecular complexity index is 796. The van der Waals surface area contributed by atoms with Crippen LogP contribution in [-0.4, -0.2) is 57.4 Å². The Morgan fingerprint density at radius 2 is 1.72 bits per heavy atom. The average molecular weight is 396 g/mol. The molecular formula is C22H28N4O3. The van der Waals surface area contributed by atoms with Gasteiger partial charge in [0, 0.05) is 51.0 Å². The Morgan fingerprint density at radius 3 is 2.34 bits per heavy atom. The summed E-state index contributed by atoms with van der Waals surface area (Å²) >= 11 is 0. The lowest BCUT2D eigenvalue weighted by Gasteiger charge is -2.36. The van der Waals surface area contributed by atoms with Crippen LogP contribution in [0.4, 0.5) is 17.2 Å². The van der Waals surface area contributed by atoms with Crippen LogP contribution >= 0.6 is 0 Å². The summed E-state index contributed by atoms with van der Waals surface area (Å²) in [6.45, 7) is 5.03. The van der Waals surface area contributed by atoms with Crippen molar-refractivity contribution in [3.63, 3.8) is 0 Å². The van der Waals surface area contributed by atoms with E-state index in [9.17, 15) is 4.79 Å². The van der Waals surface area contributed by atoms with Crippen molar-refractivity contribution in [2.75, 3.05) is 61.6 Å². The SMILES string of the molecule is COc1ccc(N2CCN(c3ccc(NC(=O)C4CCOCC4)cn3)CC2)cc1. The molecule has 0 saturated carbocycles. The molecule has 29 heavy (non-hydrogen) atoms. The molecule has 0 spiro atoms. The summed E-state index contributed by atoms with van der Waals surface area (Å²) in [6, 6.07) is 12.1. The third kappa shape index (κ3) is 4.79. The van der Waals surface area contributed by atoms with Crippen molar-refractivity contribution in [2.24, 2.45) is 5.92 Å². The summed E-state index contributed by atoms with van der Waals surface area (Å²) in [5.74, 6) is 1.93. The van der Waals surface area contributed by atoms with Gasteiger partial charge in [0.25, 0.3) is 0 Å². The molecule has 4 rings (SSSR count). The molecule has 7 heteroatoms. The maximum Gasteiger partial charge on any atom is 0.227 e. The number of carbonyl (C=O) groups excluding carboxylic acids is 1. The van der Waals surface area contributed by atoms with E-state index in [4.69, 9.17) is 9.47 Å². The van der Waals surface area contributed by atoms with Gasteiger partial charge >= 0.3 is 0 Å². The molecule has 2 aliphatic heterocycles. The largest absolute Gasteiger partial charge is 0.497 e. The third-order valence-electron chi connectivity index (χ3n) is 5.65. The first-order chi connectivity index (χ1) is 14.2. The van der Waals surface area contributed by atoms with E-state index in [0.29, 0.717) is 13.2 Å². The van der Waals surface area contributed by atoms with Crippen molar-refractivity contribution < 1.29 is 14.3 Å². The molecule has 0 bridgehead atoms. The number of aromatic nitrogens is 1. The van der Waals surface area contributed by atoms with Crippen molar-refractivity contribution in [3.05, 3.63) is 42.6 Å². The molecule has 0 radical (unpaired) electrons. The molecule has 154 valence electrons. The molecule has 1 aromatic heterocycles. The molecule has 1 aromatic carbocycles. The zero-order valence-electron chi connectivity index (χ0n) is 16.8. The Balaban J connectivity index is 1.30. The smallest absolute Gasteiger partial charge is 0.227 e. The fraction of sp³-hybridized carbons (Fsp3) is 0.455. The van der Waals surface area contributed by atoms with E-state index in [0.717, 1.165) is 56.3 Å². The second-order valence-corrected chi connectivity index (χ2v) is 7.45. The maximum atomic E-state index is 12.3. The molecule has 7 nitrogen and oxygen atoms in total. The minimum Gasteiger partial charge on any atom is -0.497 e. The number of benzene rings is 1. The molecule has 3 heterocycles. The summed E-state index contributed by atoms with van der Waals surface area (Å²) in [4.78, 5) is 21.6. The Morgan fingerprint density at radius 1 is 1.03 bits per heavy atom. The van der Waals surface area contributed by atoms with Crippen molar-refractivity contribution in [2.45, 2.75) is 12.8 Å². The highest BCUT2D eigenvalue weighted by Gasteiger charge is 2.22. The first-order valence-corrected chi connectivity index (χ1v) is 10.2. The van der Waals surface area contributed by atoms with E-state index in [2.05, 4.69) is 32.2 Å². The number of piperazine rings is 1. The summed E-state index contributed by atoms with van der Waals surface area (Å²) in [7, 11) is 1.68. The fourth-order valence-electron chi connectivity index (χ4n) is 3.84. The minimum absolute atomic E-state index is 0.0365. The number of pyridine rings is 1. The third-order valence-corrected chi connectivity index (χ3v) is 5.65. The van der Waals surface area contributed by atoms with Gasteiger partial charge < -0.3 is 24.6 Å². The van der Waals surface area contributed by atoms with Gasteiger partial charge in [-0.3, -0.25) is 4.79 Å². The molecular weight excluding hydrogens is 368 g/mol. The van der Waals surface area contributed by atoms with E-state index in [1.807, 2.05) is 24.3 Å². The number of methoxy groups -OCH3 is 1. The van der Waals surface area contributed by atoms with E-state index in [1.165, 1.54) is 5.69 Å². The predicted octanol–water partition coefficient (Wildman–Crippen LogP) is 2.78. The number of anilines is 3. The molecule has 1 amide bonds. The van der Waals surface area contributed by atoms with Gasteiger partial charge in [-0.1, -0.05) is 0 Å². The van der Waals surface area contributed by atoms with Gasteiger partial charge in [0.15, 0.2) is 0 Å². The number of amides is 1. The Hall–Kier alpha value is -2.80. The van der Waals surface area contributed by atoms with Crippen LogP contribution in [0.3, 0.4) is 0 Å². The van der Waals surface area contributed by atoms with Crippen LogP contribution in [0.25, 0.3) is 0 Å². The summed E-state index contributed by atoms with van der Waals surface area (Å²) in [5, 5.41) is 2.99. The normalized spacial score (nSPS) is 17.8. The maximum absolute atomic E-state index is 12.3. The van der Waals surface area contributed by atoms with Gasteiger partial charge in [-0.15, -0.1) is 0 Å². The number of hydrogen-bond acceptors (Lipinski definition) is 6. The number of nitrogens with zero attached hydrogens (tertiary/aromatic N) is 3. The summed E-state index contributed by atoms with van der Waals surface area (Å²) in [6.07, 6.45) is 3.33. The van der Waals surface area contributed by atoms with Crippen LogP contribution in [0.1, 0.15) is 12.8 Å². The second-order valence-electron chi connectivity index (χ2n) is 7.45. The first kappa shape index (κ1) is 19.5. The molecule has 0 atom stereocenters. The van der Waals surface area contributed by atoms with Gasteiger partial charge in [-0.2, -0.15) is 0 Å². The van der Waals surface area contributed by atoms with Crippen LogP contribution in [0.2, 0.25) is 0 Å². The number of rotatable bonds is 5. The predicted molar refractivity (Wildman–Crippen MR) is 114 cm³/mol. The van der Waals surface area contributed by atoms with Crippen LogP contribution < -0.4 is 19.9 Å². The molecule has 1 N–H and O–H groups in total. The first-order valence-electron chi connectivity index (χ1n) is 10.2. The van der Waals surface area contributed by atoms with Gasteiger partial charge in [0.2, 0.25) is 5.91 Å². The van der Waals surface area contributed by atoms with Gasteiger partial charge in [-0.05, 0) is 49.2 Å². The standard InChI is InChI=1S/C22H28N4O3/c1-28-20-5-3-19(4-6-20)25-10-12-26(13-11-25)21-7-2-18(16-23-21)24-22(27)17-8-14-29-15-9-17/h2-7,16-17H,8-15H2,1H3,(H,24,27). The number of hydrogen-bond donors (Lipinski definition) is 1. The lowest BCUT2D eigenvalue weighted by atomic mass is 9.99. The average Bonchev–Trinajstić information content (AvgIpc) is 2.80. The van der Waals surface area contributed by atoms with Crippen molar-refractivity contribution >= 4 is 23.1 Å². The van der Waals surface area contributed by atoms with Gasteiger partial charge in [-0.25, -0.2) is 4.98 Å². The van der Waals surface area contributed by atoms with E-state index >= 15 is 0 Å². The van der Waals surface area contributed by atoms with Gasteiger partial charge in [0.05, 0.1) is 19.0 Å². The highest BCUT2D eigenvalue weighted by atomic mass is 16.5. The molecule has 2 aliphatic rings. The van der Waals surface area contributed by atoms with E-state index in [1.54, 1.807) is 13.3 Å². The minimum atomic E-state index is 0.0365. The summed E-state index contributed by atoms with van der Waals surface area (Å²) in [5.41, 5.74) is 1.96. The molecule has 2 fully saturated rings. The second kappa shape index (κ2) is 9.13.